The molecule has 0 saturated carbocycles. The van der Waals surface area contributed by atoms with E-state index in [4.69, 9.17) is 4.74 Å². The largest absolute Gasteiger partial charge is 0.374 e. The van der Waals surface area contributed by atoms with Gasteiger partial charge in [0.25, 0.3) is 0 Å². The van der Waals surface area contributed by atoms with Gasteiger partial charge in [0.2, 0.25) is 11.8 Å². The number of ether oxygens (including phenoxy) is 1. The SMILES string of the molecule is CCCN1C(=O)[C@@H](COCc2ccccc2)NC(=O)C12CCN(CCCCCCc1ccccc1)CC2. The van der Waals surface area contributed by atoms with Crippen LogP contribution in [0, 0.1) is 0 Å². The second-order valence-electron chi connectivity index (χ2n) is 10.5. The van der Waals surface area contributed by atoms with Crippen LogP contribution in [0.2, 0.25) is 0 Å². The molecule has 1 N–H and O–H groups in total. The van der Waals surface area contributed by atoms with Gasteiger partial charge in [-0.1, -0.05) is 80.4 Å². The van der Waals surface area contributed by atoms with Gasteiger partial charge < -0.3 is 19.9 Å². The van der Waals surface area contributed by atoms with E-state index in [-0.39, 0.29) is 18.4 Å². The van der Waals surface area contributed by atoms with E-state index in [9.17, 15) is 9.59 Å². The number of hydrogen-bond donors (Lipinski definition) is 1. The van der Waals surface area contributed by atoms with Crippen molar-refractivity contribution in [2.45, 2.75) is 76.5 Å². The Morgan fingerprint density at radius 2 is 1.51 bits per heavy atom. The van der Waals surface area contributed by atoms with Gasteiger partial charge in [-0.3, -0.25) is 9.59 Å². The zero-order valence-electron chi connectivity index (χ0n) is 22.4. The standard InChI is InChI=1S/C31H43N3O3/c1-2-20-34-29(35)28(25-37-24-27-16-10-6-11-17-27)32-30(36)31(34)18-22-33(23-19-31)21-12-4-3-7-13-26-14-8-5-9-15-26/h5-6,8-11,14-17,28H,2-4,7,12-13,18-25H2,1H3,(H,32,36)/t28-/m1/s1. The zero-order chi connectivity index (χ0) is 25.9. The highest BCUT2D eigenvalue weighted by molar-refractivity contribution is 6.00. The van der Waals surface area contributed by atoms with Crippen molar-refractivity contribution in [1.29, 1.82) is 0 Å². The average Bonchev–Trinajstić information content (AvgIpc) is 2.93. The molecule has 2 heterocycles. The number of hydrogen-bond acceptors (Lipinski definition) is 4. The highest BCUT2D eigenvalue weighted by atomic mass is 16.5. The van der Waals surface area contributed by atoms with Crippen LogP contribution in [-0.4, -0.2) is 66.0 Å². The van der Waals surface area contributed by atoms with E-state index in [1.807, 2.05) is 35.2 Å². The highest BCUT2D eigenvalue weighted by Crippen LogP contribution is 2.33. The van der Waals surface area contributed by atoms with Gasteiger partial charge in [0.15, 0.2) is 0 Å². The summed E-state index contributed by atoms with van der Waals surface area (Å²) in [5.74, 6) is -0.00389. The summed E-state index contributed by atoms with van der Waals surface area (Å²) in [7, 11) is 0. The molecule has 0 unspecified atom stereocenters. The smallest absolute Gasteiger partial charge is 0.248 e. The summed E-state index contributed by atoms with van der Waals surface area (Å²) >= 11 is 0. The van der Waals surface area contributed by atoms with Crippen molar-refractivity contribution < 1.29 is 14.3 Å². The molecule has 1 spiro atoms. The molecule has 0 radical (unpaired) electrons. The molecule has 2 amide bonds. The Kier molecular flexibility index (Phi) is 10.1. The fourth-order valence-electron chi connectivity index (χ4n) is 5.71. The second kappa shape index (κ2) is 13.7. The molecule has 2 fully saturated rings. The van der Waals surface area contributed by atoms with Crippen LogP contribution in [0.15, 0.2) is 60.7 Å². The Balaban J connectivity index is 1.21. The first-order chi connectivity index (χ1) is 18.1. The van der Waals surface area contributed by atoms with Gasteiger partial charge in [-0.25, -0.2) is 0 Å². The van der Waals surface area contributed by atoms with Crippen molar-refractivity contribution in [3.05, 3.63) is 71.8 Å². The molecule has 0 aliphatic carbocycles. The lowest BCUT2D eigenvalue weighted by Gasteiger charge is -2.51. The predicted octanol–water partition coefficient (Wildman–Crippen LogP) is 4.58. The number of piperazine rings is 1. The van der Waals surface area contributed by atoms with Crippen molar-refractivity contribution in [2.24, 2.45) is 0 Å². The lowest BCUT2D eigenvalue weighted by Crippen LogP contribution is -2.73. The van der Waals surface area contributed by atoms with E-state index in [1.54, 1.807) is 0 Å². The molecule has 6 nitrogen and oxygen atoms in total. The van der Waals surface area contributed by atoms with Crippen LogP contribution in [-0.2, 0) is 27.4 Å². The Morgan fingerprint density at radius 3 is 2.19 bits per heavy atom. The molecule has 37 heavy (non-hydrogen) atoms. The third-order valence-electron chi connectivity index (χ3n) is 7.87. The van der Waals surface area contributed by atoms with Gasteiger partial charge in [0.05, 0.1) is 13.2 Å². The Labute approximate surface area is 222 Å². The second-order valence-corrected chi connectivity index (χ2v) is 10.5. The molecule has 0 bridgehead atoms. The van der Waals surface area contributed by atoms with Crippen LogP contribution >= 0.6 is 0 Å². The maximum atomic E-state index is 13.5. The lowest BCUT2D eigenvalue weighted by molar-refractivity contribution is -0.163. The fourth-order valence-corrected chi connectivity index (χ4v) is 5.71. The molecule has 2 aliphatic heterocycles. The molecule has 2 aromatic rings. The van der Waals surface area contributed by atoms with Crippen molar-refractivity contribution in [1.82, 2.24) is 15.1 Å². The third-order valence-corrected chi connectivity index (χ3v) is 7.87. The molecular weight excluding hydrogens is 462 g/mol. The number of likely N-dealkylation sites (tertiary alicyclic amines) is 1. The van der Waals surface area contributed by atoms with Crippen LogP contribution < -0.4 is 5.32 Å². The van der Waals surface area contributed by atoms with Crippen molar-refractivity contribution in [3.63, 3.8) is 0 Å². The average molecular weight is 506 g/mol. The van der Waals surface area contributed by atoms with Gasteiger partial charge in [-0.15, -0.1) is 0 Å². The topological polar surface area (TPSA) is 61.9 Å². The molecule has 1 atom stereocenters. The van der Waals surface area contributed by atoms with Gasteiger partial charge >= 0.3 is 0 Å². The lowest BCUT2D eigenvalue weighted by atomic mass is 9.81. The van der Waals surface area contributed by atoms with E-state index >= 15 is 0 Å². The number of rotatable bonds is 13. The van der Waals surface area contributed by atoms with Crippen LogP contribution in [0.5, 0.6) is 0 Å². The summed E-state index contributed by atoms with van der Waals surface area (Å²) in [6.45, 7) is 6.11. The fraction of sp³-hybridized carbons (Fsp3) is 0.548. The normalized spacial score (nSPS) is 19.8. The Hall–Kier alpha value is -2.70. The van der Waals surface area contributed by atoms with Gasteiger partial charge in [0.1, 0.15) is 11.6 Å². The quantitative estimate of drug-likeness (QED) is 0.405. The molecule has 4 rings (SSSR count). The number of nitrogens with one attached hydrogen (secondary N) is 1. The summed E-state index contributed by atoms with van der Waals surface area (Å²) in [5, 5.41) is 3.02. The van der Waals surface area contributed by atoms with E-state index in [0.717, 1.165) is 38.0 Å². The number of nitrogens with zero attached hydrogens (tertiary/aromatic N) is 2. The monoisotopic (exact) mass is 505 g/mol. The number of carbonyl (C=O) groups is 2. The number of benzene rings is 2. The summed E-state index contributed by atoms with van der Waals surface area (Å²) in [4.78, 5) is 31.2. The molecular formula is C31H43N3O3. The number of unbranched alkanes of at least 4 members (excludes halogenated alkanes) is 3. The number of carbonyl (C=O) groups excluding carboxylic acids is 2. The number of aryl methyl sites for hydroxylation is 1. The zero-order valence-corrected chi connectivity index (χ0v) is 22.4. The van der Waals surface area contributed by atoms with E-state index in [1.165, 1.54) is 31.2 Å². The summed E-state index contributed by atoms with van der Waals surface area (Å²) < 4.78 is 5.82. The number of amides is 2. The minimum absolute atomic E-state index is 0.00128. The predicted molar refractivity (Wildman–Crippen MR) is 147 cm³/mol. The third kappa shape index (κ3) is 7.20. The summed E-state index contributed by atoms with van der Waals surface area (Å²) in [5.41, 5.74) is 1.77. The van der Waals surface area contributed by atoms with Crippen LogP contribution in [0.1, 0.15) is 63.0 Å². The first-order valence-corrected chi connectivity index (χ1v) is 14.1. The molecule has 200 valence electrons. The molecule has 2 saturated heterocycles. The number of piperidine rings is 1. The summed E-state index contributed by atoms with van der Waals surface area (Å²) in [6.07, 6.45) is 8.31. The van der Waals surface area contributed by atoms with Crippen LogP contribution in [0.25, 0.3) is 0 Å². The Morgan fingerprint density at radius 1 is 0.865 bits per heavy atom. The van der Waals surface area contributed by atoms with E-state index < -0.39 is 11.6 Å². The first kappa shape index (κ1) is 27.3. The van der Waals surface area contributed by atoms with Crippen molar-refractivity contribution >= 4 is 11.8 Å². The van der Waals surface area contributed by atoms with Gasteiger partial charge in [-0.05, 0) is 56.2 Å². The molecule has 2 aromatic carbocycles. The van der Waals surface area contributed by atoms with Gasteiger partial charge in [0, 0.05) is 19.6 Å². The minimum atomic E-state index is -0.713. The Bertz CT molecular complexity index is 974. The maximum absolute atomic E-state index is 13.5. The van der Waals surface area contributed by atoms with Crippen LogP contribution in [0.3, 0.4) is 0 Å². The summed E-state index contributed by atoms with van der Waals surface area (Å²) in [6, 6.07) is 20.0. The first-order valence-electron chi connectivity index (χ1n) is 14.1. The van der Waals surface area contributed by atoms with Crippen molar-refractivity contribution in [3.8, 4) is 0 Å². The molecule has 0 aromatic heterocycles. The van der Waals surface area contributed by atoms with Crippen molar-refractivity contribution in [2.75, 3.05) is 32.8 Å². The maximum Gasteiger partial charge on any atom is 0.248 e. The molecule has 6 heteroatoms. The van der Waals surface area contributed by atoms with E-state index in [2.05, 4.69) is 47.5 Å². The highest BCUT2D eigenvalue weighted by Gasteiger charge is 2.53. The van der Waals surface area contributed by atoms with Crippen LogP contribution in [0.4, 0.5) is 0 Å². The van der Waals surface area contributed by atoms with E-state index in [0.29, 0.717) is 26.0 Å². The minimum Gasteiger partial charge on any atom is -0.374 e. The van der Waals surface area contributed by atoms with Gasteiger partial charge in [-0.2, -0.15) is 0 Å². The molecule has 2 aliphatic rings.